The summed E-state index contributed by atoms with van der Waals surface area (Å²) in [5.41, 5.74) is 4.89. The maximum absolute atomic E-state index is 15.3. The number of halogens is 1. The van der Waals surface area contributed by atoms with Gasteiger partial charge in [0.1, 0.15) is 11.5 Å². The third-order valence-electron chi connectivity index (χ3n) is 8.76. The standard InChI is InChI=1S/C32H42FN7O7S/c1-44-31-26(38-48(2,42)43)17-22(19-34-31)29-25-18-24(33)16-23(30(25)36-32(35-29)40-10-13-45-14-11-40)20-39-8-6-21(7-9-39)15-27(41)37-47-28-5-3-4-12-46-28/h16-19,21,28,38H,3-15,20H2,1-2H3,(H,37,41). The van der Waals surface area contributed by atoms with Gasteiger partial charge >= 0.3 is 0 Å². The highest BCUT2D eigenvalue weighted by Gasteiger charge is 2.26. The Hall–Kier alpha value is -3.70. The Balaban J connectivity index is 1.24. The molecule has 0 aliphatic carbocycles. The van der Waals surface area contributed by atoms with Crippen molar-refractivity contribution in [2.24, 2.45) is 5.92 Å². The van der Waals surface area contributed by atoms with E-state index >= 15 is 4.39 Å². The second kappa shape index (κ2) is 15.2. The van der Waals surface area contributed by atoms with Gasteiger partial charge in [0.2, 0.25) is 27.8 Å². The van der Waals surface area contributed by atoms with Gasteiger partial charge in [0.25, 0.3) is 0 Å². The number of fused-ring (bicyclic) bond motifs is 1. The third-order valence-corrected chi connectivity index (χ3v) is 9.35. The minimum Gasteiger partial charge on any atom is -0.480 e. The number of rotatable bonds is 11. The molecule has 6 rings (SSSR count). The summed E-state index contributed by atoms with van der Waals surface area (Å²) in [6.07, 6.45) is 6.97. The molecule has 0 bridgehead atoms. The summed E-state index contributed by atoms with van der Waals surface area (Å²) in [4.78, 5) is 36.4. The van der Waals surface area contributed by atoms with Gasteiger partial charge in [-0.15, -0.1) is 0 Å². The molecular weight excluding hydrogens is 645 g/mol. The van der Waals surface area contributed by atoms with Crippen LogP contribution < -0.4 is 19.8 Å². The number of aromatic nitrogens is 3. The molecule has 1 aromatic carbocycles. The molecular formula is C32H42FN7O7S. The van der Waals surface area contributed by atoms with Crippen molar-refractivity contribution in [3.05, 3.63) is 35.8 Å². The first-order valence-corrected chi connectivity index (χ1v) is 18.2. The molecule has 14 nitrogen and oxygen atoms in total. The number of carbonyl (C=O) groups is 1. The monoisotopic (exact) mass is 687 g/mol. The number of morpholine rings is 1. The van der Waals surface area contributed by atoms with Gasteiger partial charge in [0, 0.05) is 56.2 Å². The summed E-state index contributed by atoms with van der Waals surface area (Å²) in [6.45, 7) is 4.78. The van der Waals surface area contributed by atoms with Crippen molar-refractivity contribution in [1.29, 1.82) is 0 Å². The van der Waals surface area contributed by atoms with Crippen molar-refractivity contribution in [2.75, 3.05) is 69.0 Å². The molecule has 260 valence electrons. The number of anilines is 2. The Bertz CT molecular complexity index is 1710. The van der Waals surface area contributed by atoms with Crippen molar-refractivity contribution in [3.63, 3.8) is 0 Å². The molecule has 2 N–H and O–H groups in total. The molecule has 3 fully saturated rings. The van der Waals surface area contributed by atoms with E-state index in [0.29, 0.717) is 79.5 Å². The molecule has 0 saturated carbocycles. The first-order valence-electron chi connectivity index (χ1n) is 16.3. The Morgan fingerprint density at radius 1 is 1.06 bits per heavy atom. The SMILES string of the molecule is COc1ncc(-c2nc(N3CCOCC3)nc3c(CN4CCC(CC(=O)NOC5CCCCO5)CC4)cc(F)cc23)cc1NS(C)(=O)=O. The van der Waals surface area contributed by atoms with Crippen LogP contribution in [0.1, 0.15) is 44.1 Å². The van der Waals surface area contributed by atoms with E-state index in [2.05, 4.69) is 20.1 Å². The fourth-order valence-corrected chi connectivity index (χ4v) is 6.89. The van der Waals surface area contributed by atoms with Gasteiger partial charge in [0.15, 0.2) is 6.29 Å². The lowest BCUT2D eigenvalue weighted by molar-refractivity contribution is -0.200. The first-order chi connectivity index (χ1) is 23.1. The number of hydrogen-bond donors (Lipinski definition) is 2. The molecule has 16 heteroatoms. The predicted octanol–water partition coefficient (Wildman–Crippen LogP) is 3.22. The van der Waals surface area contributed by atoms with Crippen LogP contribution in [0.2, 0.25) is 0 Å². The van der Waals surface area contributed by atoms with E-state index in [9.17, 15) is 13.2 Å². The number of likely N-dealkylation sites (tertiary alicyclic amines) is 1. The lowest BCUT2D eigenvalue weighted by Crippen LogP contribution is -2.37. The lowest BCUT2D eigenvalue weighted by Gasteiger charge is -2.32. The number of pyridine rings is 1. The zero-order valence-electron chi connectivity index (χ0n) is 27.2. The molecule has 1 unspecified atom stereocenters. The predicted molar refractivity (Wildman–Crippen MR) is 176 cm³/mol. The van der Waals surface area contributed by atoms with Crippen molar-refractivity contribution >= 4 is 38.5 Å². The molecule has 3 aliphatic rings. The number of ether oxygens (including phenoxy) is 3. The van der Waals surface area contributed by atoms with Crippen molar-refractivity contribution in [1.82, 2.24) is 25.3 Å². The van der Waals surface area contributed by atoms with E-state index in [1.54, 1.807) is 6.07 Å². The molecule has 1 amide bonds. The maximum Gasteiger partial charge on any atom is 0.243 e. The van der Waals surface area contributed by atoms with Crippen LogP contribution >= 0.6 is 0 Å². The van der Waals surface area contributed by atoms with Crippen molar-refractivity contribution in [3.8, 4) is 17.1 Å². The summed E-state index contributed by atoms with van der Waals surface area (Å²) in [5.74, 6) is 0.176. The van der Waals surface area contributed by atoms with E-state index in [1.807, 2.05) is 4.90 Å². The quantitative estimate of drug-likeness (QED) is 0.284. The lowest BCUT2D eigenvalue weighted by atomic mass is 9.93. The van der Waals surface area contributed by atoms with Gasteiger partial charge in [-0.3, -0.25) is 14.4 Å². The number of carbonyl (C=O) groups excluding carboxylic acids is 1. The van der Waals surface area contributed by atoms with Crippen LogP contribution in [0.4, 0.5) is 16.0 Å². The molecule has 5 heterocycles. The van der Waals surface area contributed by atoms with Crippen molar-refractivity contribution in [2.45, 2.75) is 51.4 Å². The average Bonchev–Trinajstić information content (AvgIpc) is 3.08. The largest absolute Gasteiger partial charge is 0.480 e. The molecule has 3 saturated heterocycles. The number of piperidine rings is 1. The summed E-state index contributed by atoms with van der Waals surface area (Å²) < 4.78 is 58.3. The fraction of sp³-hybridized carbons (Fsp3) is 0.562. The van der Waals surface area contributed by atoms with Crippen LogP contribution in [-0.2, 0) is 35.7 Å². The minimum absolute atomic E-state index is 0.0921. The first kappa shape index (κ1) is 34.2. The van der Waals surface area contributed by atoms with Gasteiger partial charge in [-0.1, -0.05) is 0 Å². The number of hydrogen-bond acceptors (Lipinski definition) is 12. The summed E-state index contributed by atoms with van der Waals surface area (Å²) in [5, 5.41) is 0.479. The van der Waals surface area contributed by atoms with Crippen LogP contribution in [0.3, 0.4) is 0 Å². The van der Waals surface area contributed by atoms with Crippen LogP contribution in [0.25, 0.3) is 22.2 Å². The summed E-state index contributed by atoms with van der Waals surface area (Å²) in [6, 6.07) is 4.49. The van der Waals surface area contributed by atoms with Gasteiger partial charge in [-0.05, 0) is 68.5 Å². The maximum atomic E-state index is 15.3. The van der Waals surface area contributed by atoms with Gasteiger partial charge in [-0.25, -0.2) is 38.1 Å². The number of nitrogens with zero attached hydrogens (tertiary/aromatic N) is 5. The minimum atomic E-state index is -3.65. The topological polar surface area (TPSA) is 157 Å². The van der Waals surface area contributed by atoms with Gasteiger partial charge < -0.3 is 19.1 Å². The number of amides is 1. The Morgan fingerprint density at radius 2 is 1.85 bits per heavy atom. The van der Waals surface area contributed by atoms with E-state index in [0.717, 1.165) is 51.4 Å². The zero-order valence-corrected chi connectivity index (χ0v) is 28.1. The van der Waals surface area contributed by atoms with Crippen LogP contribution in [0.5, 0.6) is 5.88 Å². The summed E-state index contributed by atoms with van der Waals surface area (Å²) in [7, 11) is -2.25. The molecule has 3 aliphatic heterocycles. The normalized spacial score (nSPS) is 19.7. The third kappa shape index (κ3) is 8.66. The second-order valence-corrected chi connectivity index (χ2v) is 14.2. The number of nitrogens with one attached hydrogen (secondary N) is 2. The van der Waals surface area contributed by atoms with Crippen molar-refractivity contribution < 1.29 is 36.7 Å². The number of sulfonamides is 1. The second-order valence-electron chi connectivity index (χ2n) is 12.5. The van der Waals surface area contributed by atoms with Gasteiger partial charge in [0.05, 0.1) is 37.8 Å². The molecule has 2 aromatic heterocycles. The molecule has 1 atom stereocenters. The zero-order chi connectivity index (χ0) is 33.7. The Morgan fingerprint density at radius 3 is 2.56 bits per heavy atom. The van der Waals surface area contributed by atoms with Crippen LogP contribution in [0.15, 0.2) is 24.4 Å². The smallest absolute Gasteiger partial charge is 0.243 e. The number of hydroxylamine groups is 1. The highest BCUT2D eigenvalue weighted by atomic mass is 32.2. The average molecular weight is 688 g/mol. The highest BCUT2D eigenvalue weighted by Crippen LogP contribution is 2.35. The Labute approximate surface area is 279 Å². The van der Waals surface area contributed by atoms with Gasteiger partial charge in [-0.2, -0.15) is 0 Å². The van der Waals surface area contributed by atoms with E-state index in [1.165, 1.54) is 25.4 Å². The fourth-order valence-electron chi connectivity index (χ4n) is 6.35. The molecule has 0 spiro atoms. The Kier molecular flexibility index (Phi) is 10.9. The van der Waals surface area contributed by atoms with E-state index in [-0.39, 0.29) is 29.7 Å². The van der Waals surface area contributed by atoms with E-state index < -0.39 is 15.8 Å². The van der Waals surface area contributed by atoms with E-state index in [4.69, 9.17) is 29.0 Å². The van der Waals surface area contributed by atoms with Crippen LogP contribution in [0, 0.1) is 11.7 Å². The number of methoxy groups -OCH3 is 1. The molecule has 0 radical (unpaired) electrons. The van der Waals surface area contributed by atoms with Crippen LogP contribution in [-0.4, -0.2) is 99.8 Å². The number of benzene rings is 1. The highest BCUT2D eigenvalue weighted by molar-refractivity contribution is 7.92. The summed E-state index contributed by atoms with van der Waals surface area (Å²) >= 11 is 0. The molecule has 48 heavy (non-hydrogen) atoms. The molecule has 3 aromatic rings.